The molecule has 0 unspecified atom stereocenters. The van der Waals surface area contributed by atoms with Gasteiger partial charge in [0.2, 0.25) is 0 Å². The van der Waals surface area contributed by atoms with Gasteiger partial charge in [0.25, 0.3) is 5.56 Å². The van der Waals surface area contributed by atoms with E-state index in [4.69, 9.17) is 9.72 Å². The van der Waals surface area contributed by atoms with Gasteiger partial charge in [0.05, 0.1) is 12.8 Å². The van der Waals surface area contributed by atoms with Crippen molar-refractivity contribution in [2.45, 2.75) is 38.3 Å². The highest BCUT2D eigenvalue weighted by Gasteiger charge is 2.23. The summed E-state index contributed by atoms with van der Waals surface area (Å²) in [6.45, 7) is 1.74. The SMILES string of the molecule is COc1ccc([C@@H]2CCCCCN2Cc2cc(=O)n3ccsc3n2)cc1. The highest BCUT2D eigenvalue weighted by Crippen LogP contribution is 2.32. The first-order chi connectivity index (χ1) is 12.7. The highest BCUT2D eigenvalue weighted by atomic mass is 32.1. The van der Waals surface area contributed by atoms with Crippen molar-refractivity contribution in [1.29, 1.82) is 0 Å². The Bertz CT molecular complexity index is 932. The second-order valence-corrected chi connectivity index (χ2v) is 7.62. The molecule has 1 aliphatic heterocycles. The Morgan fingerprint density at radius 3 is 2.88 bits per heavy atom. The van der Waals surface area contributed by atoms with Crippen LogP contribution in [0.2, 0.25) is 0 Å². The van der Waals surface area contributed by atoms with Crippen LogP contribution in [0, 0.1) is 0 Å². The molecule has 3 aromatic rings. The normalized spacial score (nSPS) is 18.7. The van der Waals surface area contributed by atoms with E-state index >= 15 is 0 Å². The van der Waals surface area contributed by atoms with Crippen molar-refractivity contribution in [3.8, 4) is 5.75 Å². The number of nitrogens with zero attached hydrogens (tertiary/aromatic N) is 3. The van der Waals surface area contributed by atoms with Crippen LogP contribution in [0.3, 0.4) is 0 Å². The third kappa shape index (κ3) is 3.52. The van der Waals surface area contributed by atoms with Gasteiger partial charge >= 0.3 is 0 Å². The van der Waals surface area contributed by atoms with E-state index in [0.717, 1.165) is 29.4 Å². The summed E-state index contributed by atoms with van der Waals surface area (Å²) in [5.41, 5.74) is 2.17. The average molecular weight is 369 g/mol. The number of rotatable bonds is 4. The van der Waals surface area contributed by atoms with Crippen LogP contribution in [0.25, 0.3) is 4.96 Å². The van der Waals surface area contributed by atoms with Crippen LogP contribution in [0.1, 0.15) is 43.0 Å². The molecule has 0 amide bonds. The van der Waals surface area contributed by atoms with E-state index < -0.39 is 0 Å². The first kappa shape index (κ1) is 17.2. The molecular weight excluding hydrogens is 346 g/mol. The molecule has 4 rings (SSSR count). The lowest BCUT2D eigenvalue weighted by atomic mass is 10.0. The Morgan fingerprint density at radius 1 is 1.23 bits per heavy atom. The van der Waals surface area contributed by atoms with Gasteiger partial charge in [-0.3, -0.25) is 14.1 Å². The molecule has 26 heavy (non-hydrogen) atoms. The first-order valence-corrected chi connectivity index (χ1v) is 9.96. The largest absolute Gasteiger partial charge is 0.497 e. The molecular formula is C20H23N3O2S. The molecule has 0 saturated carbocycles. The van der Waals surface area contributed by atoms with Crippen molar-refractivity contribution >= 4 is 16.3 Å². The summed E-state index contributed by atoms with van der Waals surface area (Å²) in [5, 5.41) is 1.90. The van der Waals surface area contributed by atoms with E-state index in [9.17, 15) is 4.79 Å². The third-order valence-corrected chi connectivity index (χ3v) is 5.84. The minimum Gasteiger partial charge on any atom is -0.497 e. The van der Waals surface area contributed by atoms with Gasteiger partial charge in [-0.15, -0.1) is 11.3 Å². The highest BCUT2D eigenvalue weighted by molar-refractivity contribution is 7.15. The molecule has 0 N–H and O–H groups in total. The Kier molecular flexibility index (Phi) is 5.04. The quantitative estimate of drug-likeness (QED) is 0.700. The fraction of sp³-hybridized carbons (Fsp3) is 0.400. The maximum atomic E-state index is 12.3. The summed E-state index contributed by atoms with van der Waals surface area (Å²) < 4.78 is 6.90. The summed E-state index contributed by atoms with van der Waals surface area (Å²) in [6.07, 6.45) is 6.58. The Hall–Kier alpha value is -2.18. The van der Waals surface area contributed by atoms with Gasteiger partial charge < -0.3 is 4.74 Å². The maximum Gasteiger partial charge on any atom is 0.258 e. The van der Waals surface area contributed by atoms with E-state index in [-0.39, 0.29) is 5.56 Å². The van der Waals surface area contributed by atoms with E-state index in [1.165, 1.54) is 36.2 Å². The predicted molar refractivity (Wildman–Crippen MR) is 104 cm³/mol. The molecule has 0 bridgehead atoms. The van der Waals surface area contributed by atoms with E-state index in [1.807, 2.05) is 17.5 Å². The molecule has 0 spiro atoms. The molecule has 0 aliphatic carbocycles. The van der Waals surface area contributed by atoms with Gasteiger partial charge in [-0.25, -0.2) is 4.98 Å². The van der Waals surface area contributed by atoms with Gasteiger partial charge in [0.15, 0.2) is 4.96 Å². The molecule has 1 aliphatic rings. The van der Waals surface area contributed by atoms with Crippen LogP contribution in [0.5, 0.6) is 5.75 Å². The third-order valence-electron chi connectivity index (χ3n) is 5.09. The smallest absolute Gasteiger partial charge is 0.258 e. The predicted octanol–water partition coefficient (Wildman–Crippen LogP) is 3.88. The number of ether oxygens (including phenoxy) is 1. The first-order valence-electron chi connectivity index (χ1n) is 9.08. The molecule has 136 valence electrons. The van der Waals surface area contributed by atoms with Crippen molar-refractivity contribution in [3.63, 3.8) is 0 Å². The number of thiazole rings is 1. The molecule has 0 radical (unpaired) electrons. The van der Waals surface area contributed by atoms with Gasteiger partial charge in [-0.1, -0.05) is 25.0 Å². The molecule has 1 saturated heterocycles. The van der Waals surface area contributed by atoms with E-state index in [1.54, 1.807) is 23.8 Å². The van der Waals surface area contributed by atoms with Crippen molar-refractivity contribution in [2.24, 2.45) is 0 Å². The zero-order valence-electron chi connectivity index (χ0n) is 14.9. The van der Waals surface area contributed by atoms with Crippen LogP contribution in [0.4, 0.5) is 0 Å². The van der Waals surface area contributed by atoms with Gasteiger partial charge in [0.1, 0.15) is 5.75 Å². The number of benzene rings is 1. The summed E-state index contributed by atoms with van der Waals surface area (Å²) >= 11 is 1.50. The van der Waals surface area contributed by atoms with Crippen molar-refractivity contribution in [1.82, 2.24) is 14.3 Å². The minimum atomic E-state index is 0.00192. The summed E-state index contributed by atoms with van der Waals surface area (Å²) in [5.74, 6) is 0.881. The summed E-state index contributed by atoms with van der Waals surface area (Å²) in [4.78, 5) is 20.2. The Morgan fingerprint density at radius 2 is 2.08 bits per heavy atom. The zero-order valence-corrected chi connectivity index (χ0v) is 15.7. The Balaban J connectivity index is 1.62. The van der Waals surface area contributed by atoms with Crippen molar-refractivity contribution in [2.75, 3.05) is 13.7 Å². The minimum absolute atomic E-state index is 0.00192. The van der Waals surface area contributed by atoms with E-state index in [0.29, 0.717) is 12.6 Å². The van der Waals surface area contributed by atoms with Crippen molar-refractivity contribution < 1.29 is 4.74 Å². The topological polar surface area (TPSA) is 46.8 Å². The fourth-order valence-electron chi connectivity index (χ4n) is 3.74. The maximum absolute atomic E-state index is 12.3. The average Bonchev–Trinajstić information content (AvgIpc) is 3.02. The number of hydrogen-bond acceptors (Lipinski definition) is 5. The standard InChI is InChI=1S/C20H23N3O2S/c1-25-17-8-6-15(7-9-17)18-5-3-2-4-10-22(18)14-16-13-19(24)23-11-12-26-20(23)21-16/h6-9,11-13,18H,2-5,10,14H2,1H3/t18-/m0/s1. The molecule has 2 aromatic heterocycles. The fourth-order valence-corrected chi connectivity index (χ4v) is 4.48. The van der Waals surface area contributed by atoms with Crippen molar-refractivity contribution in [3.05, 3.63) is 63.5 Å². The summed E-state index contributed by atoms with van der Waals surface area (Å²) in [7, 11) is 1.69. The molecule has 6 heteroatoms. The molecule has 3 heterocycles. The second-order valence-electron chi connectivity index (χ2n) is 6.75. The van der Waals surface area contributed by atoms with E-state index in [2.05, 4.69) is 17.0 Å². The van der Waals surface area contributed by atoms with Gasteiger partial charge in [0, 0.05) is 30.2 Å². The zero-order chi connectivity index (χ0) is 17.9. The van der Waals surface area contributed by atoms with Crippen LogP contribution in [0.15, 0.2) is 46.7 Å². The second kappa shape index (κ2) is 7.60. The van der Waals surface area contributed by atoms with Gasteiger partial charge in [-0.05, 0) is 37.1 Å². The van der Waals surface area contributed by atoms with Crippen LogP contribution < -0.4 is 10.3 Å². The molecule has 1 fully saturated rings. The van der Waals surface area contributed by atoms with Crippen LogP contribution in [-0.4, -0.2) is 27.9 Å². The number of aromatic nitrogens is 2. The number of methoxy groups -OCH3 is 1. The molecule has 5 nitrogen and oxygen atoms in total. The molecule has 1 aromatic carbocycles. The summed E-state index contributed by atoms with van der Waals surface area (Å²) in [6, 6.07) is 10.4. The lowest BCUT2D eigenvalue weighted by Gasteiger charge is -2.30. The van der Waals surface area contributed by atoms with Crippen LogP contribution >= 0.6 is 11.3 Å². The monoisotopic (exact) mass is 369 g/mol. The van der Waals surface area contributed by atoms with Crippen LogP contribution in [-0.2, 0) is 6.54 Å². The molecule has 1 atom stereocenters. The number of likely N-dealkylation sites (tertiary alicyclic amines) is 1. The van der Waals surface area contributed by atoms with Gasteiger partial charge in [-0.2, -0.15) is 0 Å². The number of hydrogen-bond donors (Lipinski definition) is 0. The lowest BCUT2D eigenvalue weighted by Crippen LogP contribution is -2.29. The number of fused-ring (bicyclic) bond motifs is 1. The lowest BCUT2D eigenvalue weighted by molar-refractivity contribution is 0.190. The Labute approximate surface area is 156 Å².